The van der Waals surface area contributed by atoms with Crippen LogP contribution in [-0.2, 0) is 9.53 Å². The molecule has 0 aromatic rings. The molecular weight excluding hydrogens is 246 g/mol. The molecule has 2 N–H and O–H groups in total. The van der Waals surface area contributed by atoms with Gasteiger partial charge >= 0.3 is 0 Å². The summed E-state index contributed by atoms with van der Waals surface area (Å²) in [5, 5.41) is 15.2. The number of likely N-dealkylation sites (tertiary alicyclic amines) is 1. The second-order valence-electron chi connectivity index (χ2n) is 4.90. The molecule has 0 aromatic heterocycles. The van der Waals surface area contributed by atoms with Gasteiger partial charge in [-0.2, -0.15) is 0 Å². The maximum Gasteiger partial charge on any atom is 0.237 e. The van der Waals surface area contributed by atoms with Gasteiger partial charge in [0, 0.05) is 39.1 Å². The van der Waals surface area contributed by atoms with Crippen LogP contribution in [0.4, 0.5) is 0 Å². The summed E-state index contributed by atoms with van der Waals surface area (Å²) in [7, 11) is 1.61. The van der Waals surface area contributed by atoms with E-state index in [1.807, 2.05) is 6.92 Å². The third-order valence-electron chi connectivity index (χ3n) is 3.74. The number of hydrogen-bond acceptors (Lipinski definition) is 5. The first-order chi connectivity index (χ1) is 9.13. The lowest BCUT2D eigenvalue weighted by Crippen LogP contribution is -2.51. The molecule has 1 saturated heterocycles. The van der Waals surface area contributed by atoms with Crippen LogP contribution in [0.25, 0.3) is 0 Å². The molecule has 0 radical (unpaired) electrons. The van der Waals surface area contributed by atoms with E-state index in [0.717, 1.165) is 31.6 Å². The Hall–Kier alpha value is -1.14. The average molecular weight is 271 g/mol. The van der Waals surface area contributed by atoms with E-state index in [2.05, 4.69) is 22.3 Å². The normalized spacial score (nSPS) is 24.4. The van der Waals surface area contributed by atoms with E-state index in [-0.39, 0.29) is 17.9 Å². The lowest BCUT2D eigenvalue weighted by atomic mass is 9.92. The number of oxime groups is 1. The van der Waals surface area contributed by atoms with Gasteiger partial charge in [-0.15, -0.1) is 0 Å². The van der Waals surface area contributed by atoms with Gasteiger partial charge in [0.15, 0.2) is 0 Å². The van der Waals surface area contributed by atoms with E-state index < -0.39 is 0 Å². The Morgan fingerprint density at radius 3 is 3.00 bits per heavy atom. The monoisotopic (exact) mass is 271 g/mol. The largest absolute Gasteiger partial charge is 0.411 e. The van der Waals surface area contributed by atoms with Crippen LogP contribution in [0.1, 0.15) is 26.7 Å². The number of carbonyl (C=O) groups excluding carboxylic acids is 1. The molecule has 6 heteroatoms. The Kier molecular flexibility index (Phi) is 6.80. The molecule has 0 aliphatic carbocycles. The smallest absolute Gasteiger partial charge is 0.237 e. The number of amides is 1. The van der Waals surface area contributed by atoms with Crippen LogP contribution in [0.2, 0.25) is 0 Å². The molecular formula is C13H25N3O3. The van der Waals surface area contributed by atoms with Gasteiger partial charge in [-0.25, -0.2) is 0 Å². The minimum atomic E-state index is -0.161. The van der Waals surface area contributed by atoms with Crippen molar-refractivity contribution < 1.29 is 14.7 Å². The van der Waals surface area contributed by atoms with Crippen LogP contribution in [0.15, 0.2) is 5.16 Å². The lowest BCUT2D eigenvalue weighted by molar-refractivity contribution is -0.126. The number of nitrogens with one attached hydrogen (secondary N) is 1. The van der Waals surface area contributed by atoms with Crippen molar-refractivity contribution >= 4 is 11.6 Å². The van der Waals surface area contributed by atoms with Gasteiger partial charge in [0.1, 0.15) is 0 Å². The molecule has 2 unspecified atom stereocenters. The van der Waals surface area contributed by atoms with Crippen LogP contribution < -0.4 is 5.32 Å². The highest BCUT2D eigenvalue weighted by molar-refractivity contribution is 5.88. The fourth-order valence-electron chi connectivity index (χ4n) is 2.38. The van der Waals surface area contributed by atoms with E-state index in [4.69, 9.17) is 9.94 Å². The molecule has 6 nitrogen and oxygen atoms in total. The average Bonchev–Trinajstić information content (AvgIpc) is 2.45. The van der Waals surface area contributed by atoms with Crippen molar-refractivity contribution in [1.82, 2.24) is 10.2 Å². The Labute approximate surface area is 114 Å². The maximum atomic E-state index is 12.0. The first-order valence-electron chi connectivity index (χ1n) is 6.85. The fraction of sp³-hybridized carbons (Fsp3) is 0.846. The molecule has 0 saturated carbocycles. The zero-order valence-corrected chi connectivity index (χ0v) is 12.1. The lowest BCUT2D eigenvalue weighted by Gasteiger charge is -2.36. The predicted octanol–water partition coefficient (Wildman–Crippen LogP) is 0.700. The summed E-state index contributed by atoms with van der Waals surface area (Å²) in [6.07, 6.45) is 1.65. The summed E-state index contributed by atoms with van der Waals surface area (Å²) in [5.74, 6) is 0.268. The van der Waals surface area contributed by atoms with Crippen molar-refractivity contribution in [3.63, 3.8) is 0 Å². The van der Waals surface area contributed by atoms with E-state index in [1.165, 1.54) is 0 Å². The van der Waals surface area contributed by atoms with Crippen molar-refractivity contribution in [2.75, 3.05) is 33.4 Å². The number of hydrogen-bond donors (Lipinski definition) is 2. The molecule has 0 aromatic carbocycles. The second kappa shape index (κ2) is 8.12. The first-order valence-corrected chi connectivity index (χ1v) is 6.85. The first kappa shape index (κ1) is 15.9. The third kappa shape index (κ3) is 4.47. The van der Waals surface area contributed by atoms with Crippen LogP contribution >= 0.6 is 0 Å². The summed E-state index contributed by atoms with van der Waals surface area (Å²) in [6.45, 7) is 6.58. The van der Waals surface area contributed by atoms with Gasteiger partial charge in [0.05, 0.1) is 18.4 Å². The molecule has 19 heavy (non-hydrogen) atoms. The number of rotatable bonds is 6. The minimum Gasteiger partial charge on any atom is -0.411 e. The highest BCUT2D eigenvalue weighted by Gasteiger charge is 2.30. The summed E-state index contributed by atoms with van der Waals surface area (Å²) < 4.78 is 4.91. The van der Waals surface area contributed by atoms with Crippen molar-refractivity contribution in [2.45, 2.75) is 32.7 Å². The molecule has 1 fully saturated rings. The Morgan fingerprint density at radius 1 is 1.68 bits per heavy atom. The summed E-state index contributed by atoms with van der Waals surface area (Å²) in [5.41, 5.74) is 0.853. The van der Waals surface area contributed by atoms with E-state index in [9.17, 15) is 4.79 Å². The minimum absolute atomic E-state index is 0.0243. The Morgan fingerprint density at radius 2 is 2.42 bits per heavy atom. The molecule has 2 atom stereocenters. The van der Waals surface area contributed by atoms with Crippen LogP contribution in [0, 0.1) is 5.92 Å². The van der Waals surface area contributed by atoms with Gasteiger partial charge in [-0.05, 0) is 13.3 Å². The van der Waals surface area contributed by atoms with Gasteiger partial charge in [0.2, 0.25) is 5.91 Å². The maximum absolute atomic E-state index is 12.0. The molecule has 1 aliphatic heterocycles. The molecule has 1 amide bonds. The van der Waals surface area contributed by atoms with Crippen LogP contribution in [-0.4, -0.2) is 61.1 Å². The van der Waals surface area contributed by atoms with Gasteiger partial charge in [-0.3, -0.25) is 9.69 Å². The second-order valence-corrected chi connectivity index (χ2v) is 4.90. The van der Waals surface area contributed by atoms with Gasteiger partial charge < -0.3 is 15.3 Å². The number of ether oxygens (including phenoxy) is 1. The Bertz CT molecular complexity index is 320. The fourth-order valence-corrected chi connectivity index (χ4v) is 2.38. The predicted molar refractivity (Wildman–Crippen MR) is 73.5 cm³/mol. The van der Waals surface area contributed by atoms with Gasteiger partial charge in [0.25, 0.3) is 0 Å². The third-order valence-corrected chi connectivity index (χ3v) is 3.74. The number of piperidine rings is 1. The molecule has 110 valence electrons. The molecule has 0 spiro atoms. The van der Waals surface area contributed by atoms with Crippen molar-refractivity contribution in [1.29, 1.82) is 0 Å². The van der Waals surface area contributed by atoms with Crippen molar-refractivity contribution in [3.8, 4) is 0 Å². The van der Waals surface area contributed by atoms with E-state index in [1.54, 1.807) is 7.11 Å². The summed E-state index contributed by atoms with van der Waals surface area (Å²) >= 11 is 0. The summed E-state index contributed by atoms with van der Waals surface area (Å²) in [4.78, 5) is 14.1. The van der Waals surface area contributed by atoms with E-state index in [0.29, 0.717) is 13.2 Å². The van der Waals surface area contributed by atoms with E-state index >= 15 is 0 Å². The van der Waals surface area contributed by atoms with Crippen molar-refractivity contribution in [3.05, 3.63) is 0 Å². The molecule has 1 rings (SSSR count). The number of carbonyl (C=O) groups is 1. The quantitative estimate of drug-likeness (QED) is 0.424. The van der Waals surface area contributed by atoms with Crippen LogP contribution in [0.5, 0.6) is 0 Å². The molecule has 0 bridgehead atoms. The van der Waals surface area contributed by atoms with Crippen molar-refractivity contribution in [2.24, 2.45) is 11.1 Å². The van der Waals surface area contributed by atoms with Gasteiger partial charge in [-0.1, -0.05) is 12.1 Å². The zero-order valence-electron chi connectivity index (χ0n) is 12.1. The Balaban J connectivity index is 2.49. The number of nitrogens with zero attached hydrogens (tertiary/aromatic N) is 2. The highest BCUT2D eigenvalue weighted by atomic mass is 16.5. The SMILES string of the molecule is CCC1CN(C(C)C(=O)NCCOC)CCC1=NO. The molecule has 1 aliphatic rings. The standard InChI is InChI=1S/C13H25N3O3/c1-4-11-9-16(7-5-12(11)15-18)10(2)13(17)14-6-8-19-3/h10-11,18H,4-9H2,1-3H3,(H,14,17). The number of methoxy groups -OCH3 is 1. The zero-order chi connectivity index (χ0) is 14.3. The summed E-state index contributed by atoms with van der Waals surface area (Å²) in [6, 6.07) is -0.161. The molecule has 1 heterocycles. The topological polar surface area (TPSA) is 74.2 Å². The van der Waals surface area contributed by atoms with Crippen LogP contribution in [0.3, 0.4) is 0 Å². The highest BCUT2D eigenvalue weighted by Crippen LogP contribution is 2.19.